The molecule has 0 fully saturated rings. The average Bonchev–Trinajstić information content (AvgIpc) is 2.41. The first-order valence-corrected chi connectivity index (χ1v) is 5.97. The van der Waals surface area contributed by atoms with Crippen molar-refractivity contribution < 1.29 is 8.78 Å². The second-order valence-corrected chi connectivity index (χ2v) is 4.23. The molecular formula is C14H12F2N4. The van der Waals surface area contributed by atoms with Gasteiger partial charge in [0.15, 0.2) is 0 Å². The van der Waals surface area contributed by atoms with Crippen LogP contribution in [-0.2, 0) is 13.1 Å². The molecule has 4 nitrogen and oxygen atoms in total. The van der Waals surface area contributed by atoms with E-state index in [1.807, 2.05) is 0 Å². The Hall–Kier alpha value is -2.39. The summed E-state index contributed by atoms with van der Waals surface area (Å²) in [6, 6.07) is 5.48. The fourth-order valence-electron chi connectivity index (χ4n) is 1.76. The highest BCUT2D eigenvalue weighted by molar-refractivity contribution is 5.34. The molecule has 6 heteroatoms. The summed E-state index contributed by atoms with van der Waals surface area (Å²) in [7, 11) is 0. The van der Waals surface area contributed by atoms with Gasteiger partial charge in [0.25, 0.3) is 0 Å². The first-order chi connectivity index (χ1) is 9.60. The van der Waals surface area contributed by atoms with E-state index in [9.17, 15) is 8.78 Å². The van der Waals surface area contributed by atoms with Crippen molar-refractivity contribution in [3.63, 3.8) is 0 Å². The Labute approximate surface area is 115 Å². The lowest BCUT2D eigenvalue weighted by Crippen LogP contribution is -2.16. The summed E-state index contributed by atoms with van der Waals surface area (Å²) in [4.78, 5) is 8.14. The Morgan fingerprint density at radius 1 is 1.25 bits per heavy atom. The molecule has 0 saturated carbocycles. The van der Waals surface area contributed by atoms with Crippen LogP contribution in [0.3, 0.4) is 0 Å². The normalized spacial score (nSPS) is 10.3. The molecule has 1 aromatic heterocycles. The van der Waals surface area contributed by atoms with Gasteiger partial charge in [0.1, 0.15) is 17.5 Å². The van der Waals surface area contributed by atoms with Crippen LogP contribution in [0.4, 0.5) is 8.78 Å². The quantitative estimate of drug-likeness (QED) is 0.928. The summed E-state index contributed by atoms with van der Waals surface area (Å²) in [5.74, 6) is -0.819. The molecule has 20 heavy (non-hydrogen) atoms. The van der Waals surface area contributed by atoms with Crippen LogP contribution in [0, 0.1) is 29.9 Å². The van der Waals surface area contributed by atoms with E-state index in [0.29, 0.717) is 12.4 Å². The number of halogens is 2. The number of rotatable bonds is 4. The minimum absolute atomic E-state index is 0.0203. The molecule has 1 aromatic carbocycles. The number of aryl methyl sites for hydroxylation is 1. The lowest BCUT2D eigenvalue weighted by atomic mass is 10.1. The van der Waals surface area contributed by atoms with Gasteiger partial charge in [0.05, 0.1) is 17.3 Å². The summed E-state index contributed by atoms with van der Waals surface area (Å²) in [5, 5.41) is 11.5. The number of aromatic nitrogens is 2. The molecule has 0 saturated heterocycles. The van der Waals surface area contributed by atoms with Gasteiger partial charge in [0, 0.05) is 24.8 Å². The van der Waals surface area contributed by atoms with Gasteiger partial charge in [-0.1, -0.05) is 0 Å². The molecule has 0 bridgehead atoms. The number of hydrogen-bond acceptors (Lipinski definition) is 4. The lowest BCUT2D eigenvalue weighted by molar-refractivity contribution is 0.533. The molecule has 0 atom stereocenters. The molecule has 0 spiro atoms. The van der Waals surface area contributed by atoms with E-state index < -0.39 is 11.6 Å². The van der Waals surface area contributed by atoms with Crippen LogP contribution >= 0.6 is 0 Å². The topological polar surface area (TPSA) is 61.6 Å². The van der Waals surface area contributed by atoms with Crippen LogP contribution < -0.4 is 5.32 Å². The molecule has 2 rings (SSSR count). The van der Waals surface area contributed by atoms with Crippen molar-refractivity contribution in [2.75, 3.05) is 0 Å². The fourth-order valence-corrected chi connectivity index (χ4v) is 1.76. The van der Waals surface area contributed by atoms with Gasteiger partial charge in [-0.15, -0.1) is 0 Å². The van der Waals surface area contributed by atoms with Crippen molar-refractivity contribution in [2.45, 2.75) is 20.0 Å². The average molecular weight is 274 g/mol. The number of nitrogens with zero attached hydrogens (tertiary/aromatic N) is 3. The third-order valence-corrected chi connectivity index (χ3v) is 2.71. The zero-order valence-corrected chi connectivity index (χ0v) is 10.8. The molecule has 102 valence electrons. The van der Waals surface area contributed by atoms with Crippen molar-refractivity contribution in [1.29, 1.82) is 5.26 Å². The molecule has 2 aromatic rings. The summed E-state index contributed by atoms with van der Waals surface area (Å²) >= 11 is 0. The van der Waals surface area contributed by atoms with Crippen molar-refractivity contribution >= 4 is 0 Å². The second-order valence-electron chi connectivity index (χ2n) is 4.23. The Morgan fingerprint density at radius 3 is 2.55 bits per heavy atom. The number of nitriles is 1. The monoisotopic (exact) mass is 274 g/mol. The minimum Gasteiger partial charge on any atom is -0.307 e. The van der Waals surface area contributed by atoms with E-state index in [-0.39, 0.29) is 17.7 Å². The van der Waals surface area contributed by atoms with Gasteiger partial charge < -0.3 is 5.32 Å². The van der Waals surface area contributed by atoms with Crippen molar-refractivity contribution in [3.8, 4) is 6.07 Å². The first kappa shape index (κ1) is 14.0. The Bertz CT molecular complexity index is 641. The second kappa shape index (κ2) is 6.17. The summed E-state index contributed by atoms with van der Waals surface area (Å²) < 4.78 is 27.3. The van der Waals surface area contributed by atoms with Gasteiger partial charge in [-0.05, 0) is 25.1 Å². The maximum absolute atomic E-state index is 13.6. The molecule has 0 aliphatic carbocycles. The van der Waals surface area contributed by atoms with Gasteiger partial charge in [-0.25, -0.2) is 18.7 Å². The SMILES string of the molecule is Cc1nccc(CNCc2c(F)cc(C#N)cc2F)n1. The Kier molecular flexibility index (Phi) is 4.33. The highest BCUT2D eigenvalue weighted by atomic mass is 19.1. The third kappa shape index (κ3) is 3.33. The van der Waals surface area contributed by atoms with Gasteiger partial charge in [-0.2, -0.15) is 5.26 Å². The summed E-state index contributed by atoms with van der Waals surface area (Å²) in [5.41, 5.74) is 0.622. The fraction of sp³-hybridized carbons (Fsp3) is 0.214. The van der Waals surface area contributed by atoms with E-state index >= 15 is 0 Å². The van der Waals surface area contributed by atoms with Crippen molar-refractivity contribution in [3.05, 3.63) is 58.7 Å². The number of nitrogens with one attached hydrogen (secondary N) is 1. The van der Waals surface area contributed by atoms with Crippen LogP contribution in [0.25, 0.3) is 0 Å². The summed E-state index contributed by atoms with van der Waals surface area (Å²) in [6.07, 6.45) is 1.63. The molecule has 0 radical (unpaired) electrons. The Balaban J connectivity index is 2.03. The predicted octanol–water partition coefficient (Wildman–Crippen LogP) is 2.22. The third-order valence-electron chi connectivity index (χ3n) is 2.71. The molecule has 1 N–H and O–H groups in total. The largest absolute Gasteiger partial charge is 0.307 e. The molecular weight excluding hydrogens is 262 g/mol. The van der Waals surface area contributed by atoms with Gasteiger partial charge >= 0.3 is 0 Å². The van der Waals surface area contributed by atoms with Crippen LogP contribution in [0.1, 0.15) is 22.6 Å². The van der Waals surface area contributed by atoms with E-state index in [4.69, 9.17) is 5.26 Å². The van der Waals surface area contributed by atoms with Crippen molar-refractivity contribution in [1.82, 2.24) is 15.3 Å². The lowest BCUT2D eigenvalue weighted by Gasteiger charge is -2.07. The van der Waals surface area contributed by atoms with Crippen LogP contribution in [0.2, 0.25) is 0 Å². The van der Waals surface area contributed by atoms with E-state index in [1.54, 1.807) is 25.3 Å². The molecule has 0 unspecified atom stereocenters. The van der Waals surface area contributed by atoms with E-state index in [0.717, 1.165) is 17.8 Å². The number of hydrogen-bond donors (Lipinski definition) is 1. The zero-order valence-electron chi connectivity index (χ0n) is 10.8. The molecule has 0 aliphatic rings. The van der Waals surface area contributed by atoms with Crippen molar-refractivity contribution in [2.24, 2.45) is 0 Å². The van der Waals surface area contributed by atoms with E-state index in [2.05, 4.69) is 15.3 Å². The minimum atomic E-state index is -0.729. The zero-order chi connectivity index (χ0) is 14.5. The van der Waals surface area contributed by atoms with Gasteiger partial charge in [0.2, 0.25) is 0 Å². The molecule has 0 amide bonds. The van der Waals surface area contributed by atoms with Gasteiger partial charge in [-0.3, -0.25) is 0 Å². The predicted molar refractivity (Wildman–Crippen MR) is 68.4 cm³/mol. The molecule has 0 aliphatic heterocycles. The van der Waals surface area contributed by atoms with Crippen LogP contribution in [-0.4, -0.2) is 9.97 Å². The summed E-state index contributed by atoms with van der Waals surface area (Å²) in [6.45, 7) is 2.16. The highest BCUT2D eigenvalue weighted by Crippen LogP contribution is 2.15. The number of benzene rings is 1. The maximum Gasteiger partial charge on any atom is 0.131 e. The van der Waals surface area contributed by atoms with Crippen LogP contribution in [0.15, 0.2) is 24.4 Å². The van der Waals surface area contributed by atoms with Crippen LogP contribution in [0.5, 0.6) is 0 Å². The van der Waals surface area contributed by atoms with E-state index in [1.165, 1.54) is 0 Å². The smallest absolute Gasteiger partial charge is 0.131 e. The highest BCUT2D eigenvalue weighted by Gasteiger charge is 2.10. The Morgan fingerprint density at radius 2 is 1.95 bits per heavy atom. The first-order valence-electron chi connectivity index (χ1n) is 5.97. The maximum atomic E-state index is 13.6. The standard InChI is InChI=1S/C14H12F2N4/c1-9-19-3-2-11(20-9)7-18-8-12-13(15)4-10(6-17)5-14(12)16/h2-5,18H,7-8H2,1H3. The molecule has 1 heterocycles.